The first-order valence-corrected chi connectivity index (χ1v) is 7.32. The Labute approximate surface area is 126 Å². The van der Waals surface area contributed by atoms with Gasteiger partial charge < -0.3 is 20.1 Å². The molecular formula is C16H26N2O3. The first-order valence-electron chi connectivity index (χ1n) is 7.32. The summed E-state index contributed by atoms with van der Waals surface area (Å²) in [4.78, 5) is 13.9. The number of rotatable bonds is 9. The molecule has 0 aromatic heterocycles. The van der Waals surface area contributed by atoms with Gasteiger partial charge in [-0.25, -0.2) is 0 Å². The number of aliphatic hydroxyl groups is 1. The van der Waals surface area contributed by atoms with Crippen molar-refractivity contribution in [3.8, 4) is 5.75 Å². The number of para-hydroxylation sites is 1. The lowest BCUT2D eigenvalue weighted by atomic mass is 10.1. The molecule has 118 valence electrons. The molecule has 0 aliphatic rings. The molecule has 0 saturated carbocycles. The summed E-state index contributed by atoms with van der Waals surface area (Å²) in [6, 6.07) is 7.98. The van der Waals surface area contributed by atoms with E-state index >= 15 is 0 Å². The molecule has 0 atom stereocenters. The molecule has 0 spiro atoms. The highest BCUT2D eigenvalue weighted by molar-refractivity contribution is 5.76. The number of amides is 1. The van der Waals surface area contributed by atoms with Crippen LogP contribution in [-0.4, -0.2) is 48.8 Å². The second-order valence-corrected chi connectivity index (χ2v) is 5.21. The maximum absolute atomic E-state index is 12.3. The van der Waals surface area contributed by atoms with Crippen molar-refractivity contribution >= 4 is 5.91 Å². The van der Waals surface area contributed by atoms with Crippen molar-refractivity contribution < 1.29 is 14.6 Å². The van der Waals surface area contributed by atoms with Crippen molar-refractivity contribution in [1.82, 2.24) is 10.2 Å². The third kappa shape index (κ3) is 6.14. The van der Waals surface area contributed by atoms with Crippen LogP contribution in [0.2, 0.25) is 0 Å². The molecule has 5 heteroatoms. The second kappa shape index (κ2) is 9.37. The molecule has 0 unspecified atom stereocenters. The van der Waals surface area contributed by atoms with E-state index in [4.69, 9.17) is 9.84 Å². The molecule has 2 N–H and O–H groups in total. The molecule has 1 amide bonds. The van der Waals surface area contributed by atoms with Gasteiger partial charge in [0.2, 0.25) is 5.91 Å². The van der Waals surface area contributed by atoms with Gasteiger partial charge in [-0.3, -0.25) is 4.79 Å². The lowest BCUT2D eigenvalue weighted by Crippen LogP contribution is -2.36. The zero-order valence-electron chi connectivity index (χ0n) is 13.1. The van der Waals surface area contributed by atoms with Crippen LogP contribution in [-0.2, 0) is 11.3 Å². The van der Waals surface area contributed by atoms with Crippen molar-refractivity contribution in [2.45, 2.75) is 32.9 Å². The smallest absolute Gasteiger partial charge is 0.224 e. The molecule has 21 heavy (non-hydrogen) atoms. The van der Waals surface area contributed by atoms with E-state index in [-0.39, 0.29) is 12.5 Å². The Morgan fingerprint density at radius 1 is 1.38 bits per heavy atom. The van der Waals surface area contributed by atoms with Crippen LogP contribution in [0.5, 0.6) is 5.75 Å². The van der Waals surface area contributed by atoms with Crippen LogP contribution in [0.1, 0.15) is 25.8 Å². The van der Waals surface area contributed by atoms with E-state index in [9.17, 15) is 4.79 Å². The summed E-state index contributed by atoms with van der Waals surface area (Å²) in [6.45, 7) is 5.47. The molecule has 0 fully saturated rings. The SMILES string of the molecule is COc1ccccc1CN(CCO)C(=O)CCNC(C)C. The molecule has 5 nitrogen and oxygen atoms in total. The van der Waals surface area contributed by atoms with Gasteiger partial charge in [-0.15, -0.1) is 0 Å². The number of methoxy groups -OCH3 is 1. The van der Waals surface area contributed by atoms with Crippen LogP contribution in [0.3, 0.4) is 0 Å². The Kier molecular flexibility index (Phi) is 7.79. The number of hydrogen-bond acceptors (Lipinski definition) is 4. The van der Waals surface area contributed by atoms with Gasteiger partial charge in [0, 0.05) is 37.7 Å². The van der Waals surface area contributed by atoms with Gasteiger partial charge >= 0.3 is 0 Å². The number of nitrogens with zero attached hydrogens (tertiary/aromatic N) is 1. The van der Waals surface area contributed by atoms with Crippen molar-refractivity contribution in [2.75, 3.05) is 26.8 Å². The van der Waals surface area contributed by atoms with E-state index < -0.39 is 0 Å². The van der Waals surface area contributed by atoms with Crippen LogP contribution >= 0.6 is 0 Å². The zero-order chi connectivity index (χ0) is 15.7. The molecule has 0 aliphatic carbocycles. The number of carbonyl (C=O) groups excluding carboxylic acids is 1. The number of carbonyl (C=O) groups is 1. The molecule has 0 heterocycles. The van der Waals surface area contributed by atoms with Gasteiger partial charge in [0.15, 0.2) is 0 Å². The number of hydrogen-bond donors (Lipinski definition) is 2. The summed E-state index contributed by atoms with van der Waals surface area (Å²) in [5, 5.41) is 12.4. The third-order valence-electron chi connectivity index (χ3n) is 3.17. The van der Waals surface area contributed by atoms with Gasteiger partial charge in [0.1, 0.15) is 5.75 Å². The van der Waals surface area contributed by atoms with Crippen LogP contribution < -0.4 is 10.1 Å². The third-order valence-corrected chi connectivity index (χ3v) is 3.17. The second-order valence-electron chi connectivity index (χ2n) is 5.21. The van der Waals surface area contributed by atoms with Gasteiger partial charge in [-0.2, -0.15) is 0 Å². The first-order chi connectivity index (χ1) is 10.1. The van der Waals surface area contributed by atoms with Crippen molar-refractivity contribution in [3.05, 3.63) is 29.8 Å². The van der Waals surface area contributed by atoms with Crippen LogP contribution in [0, 0.1) is 0 Å². The topological polar surface area (TPSA) is 61.8 Å². The number of nitrogens with one attached hydrogen (secondary N) is 1. The van der Waals surface area contributed by atoms with Crippen LogP contribution in [0.15, 0.2) is 24.3 Å². The summed E-state index contributed by atoms with van der Waals surface area (Å²) in [5.74, 6) is 0.789. The predicted octanol–water partition coefficient (Wildman–Crippen LogP) is 1.40. The van der Waals surface area contributed by atoms with E-state index in [0.717, 1.165) is 11.3 Å². The number of ether oxygens (including phenoxy) is 1. The molecule has 0 bridgehead atoms. The normalized spacial score (nSPS) is 10.7. The average Bonchev–Trinajstić information content (AvgIpc) is 2.46. The maximum Gasteiger partial charge on any atom is 0.224 e. The Bertz CT molecular complexity index is 435. The number of benzene rings is 1. The van der Waals surface area contributed by atoms with E-state index in [1.54, 1.807) is 12.0 Å². The highest BCUT2D eigenvalue weighted by Crippen LogP contribution is 2.19. The molecule has 0 radical (unpaired) electrons. The lowest BCUT2D eigenvalue weighted by Gasteiger charge is -2.23. The van der Waals surface area contributed by atoms with Crippen molar-refractivity contribution in [2.24, 2.45) is 0 Å². The molecule has 1 aromatic carbocycles. The van der Waals surface area contributed by atoms with Gasteiger partial charge in [-0.1, -0.05) is 32.0 Å². The first kappa shape index (κ1) is 17.5. The van der Waals surface area contributed by atoms with E-state index in [0.29, 0.717) is 32.1 Å². The zero-order valence-corrected chi connectivity index (χ0v) is 13.1. The molecule has 1 rings (SSSR count). The minimum Gasteiger partial charge on any atom is -0.496 e. The number of aliphatic hydroxyl groups excluding tert-OH is 1. The predicted molar refractivity (Wildman–Crippen MR) is 83.3 cm³/mol. The highest BCUT2D eigenvalue weighted by Gasteiger charge is 2.15. The largest absolute Gasteiger partial charge is 0.496 e. The Morgan fingerprint density at radius 3 is 2.71 bits per heavy atom. The van der Waals surface area contributed by atoms with Gasteiger partial charge in [0.05, 0.1) is 13.7 Å². The fraction of sp³-hybridized carbons (Fsp3) is 0.562. The minimum absolute atomic E-state index is 0.0307. The monoisotopic (exact) mass is 294 g/mol. The average molecular weight is 294 g/mol. The fourth-order valence-electron chi connectivity index (χ4n) is 2.08. The summed E-state index contributed by atoms with van der Waals surface area (Å²) in [6.07, 6.45) is 0.424. The molecule has 0 saturated heterocycles. The van der Waals surface area contributed by atoms with Crippen LogP contribution in [0.4, 0.5) is 0 Å². The van der Waals surface area contributed by atoms with Gasteiger partial charge in [-0.05, 0) is 6.07 Å². The molecule has 1 aromatic rings. The molecular weight excluding hydrogens is 268 g/mol. The van der Waals surface area contributed by atoms with E-state index in [1.165, 1.54) is 0 Å². The summed E-state index contributed by atoms with van der Waals surface area (Å²) in [7, 11) is 1.61. The van der Waals surface area contributed by atoms with Crippen molar-refractivity contribution in [1.29, 1.82) is 0 Å². The fourth-order valence-corrected chi connectivity index (χ4v) is 2.08. The van der Waals surface area contributed by atoms with Crippen molar-refractivity contribution in [3.63, 3.8) is 0 Å². The maximum atomic E-state index is 12.3. The van der Waals surface area contributed by atoms with E-state index in [1.807, 2.05) is 38.1 Å². The highest BCUT2D eigenvalue weighted by atomic mass is 16.5. The Hall–Kier alpha value is -1.59. The van der Waals surface area contributed by atoms with Crippen LogP contribution in [0.25, 0.3) is 0 Å². The van der Waals surface area contributed by atoms with E-state index in [2.05, 4.69) is 5.32 Å². The molecule has 0 aliphatic heterocycles. The Morgan fingerprint density at radius 2 is 2.10 bits per heavy atom. The summed E-state index contributed by atoms with van der Waals surface area (Å²) < 4.78 is 5.30. The lowest BCUT2D eigenvalue weighted by molar-refractivity contribution is -0.132. The summed E-state index contributed by atoms with van der Waals surface area (Å²) >= 11 is 0. The quantitative estimate of drug-likeness (QED) is 0.723. The standard InChI is InChI=1S/C16H26N2O3/c1-13(2)17-9-8-16(20)18(10-11-19)12-14-6-4-5-7-15(14)21-3/h4-7,13,17,19H,8-12H2,1-3H3. The summed E-state index contributed by atoms with van der Waals surface area (Å²) in [5.41, 5.74) is 0.943. The minimum atomic E-state index is -0.0432. The van der Waals surface area contributed by atoms with Gasteiger partial charge in [0.25, 0.3) is 0 Å². The Balaban J connectivity index is 2.65.